The summed E-state index contributed by atoms with van der Waals surface area (Å²) < 4.78 is 1.79. The van der Waals surface area contributed by atoms with E-state index in [9.17, 15) is 9.59 Å². The monoisotopic (exact) mass is 429 g/mol. The Morgan fingerprint density at radius 2 is 2.00 bits per heavy atom. The maximum atomic E-state index is 13.0. The highest BCUT2D eigenvalue weighted by atomic mass is 32.1. The molecule has 1 amide bonds. The van der Waals surface area contributed by atoms with Gasteiger partial charge in [0.2, 0.25) is 5.43 Å². The van der Waals surface area contributed by atoms with Crippen LogP contribution in [0.4, 0.5) is 0 Å². The van der Waals surface area contributed by atoms with Gasteiger partial charge in [0.1, 0.15) is 11.2 Å². The second-order valence-electron chi connectivity index (χ2n) is 7.99. The van der Waals surface area contributed by atoms with Crippen LogP contribution in [0.15, 0.2) is 71.3 Å². The lowest BCUT2D eigenvalue weighted by atomic mass is 9.93. The van der Waals surface area contributed by atoms with Crippen LogP contribution in [0.25, 0.3) is 22.3 Å². The smallest absolute Gasteiger partial charge is 0.256 e. The Morgan fingerprint density at radius 3 is 2.74 bits per heavy atom. The summed E-state index contributed by atoms with van der Waals surface area (Å²) in [6, 6.07) is 11.2. The molecule has 4 rings (SSSR count). The number of allylic oxidation sites excluding steroid dienone is 4. The number of pyridine rings is 2. The van der Waals surface area contributed by atoms with Crippen molar-refractivity contribution in [2.24, 2.45) is 0 Å². The Morgan fingerprint density at radius 1 is 1.19 bits per heavy atom. The average molecular weight is 430 g/mol. The van der Waals surface area contributed by atoms with Gasteiger partial charge in [-0.2, -0.15) is 0 Å². The molecule has 0 bridgehead atoms. The number of nitrogens with zero attached hydrogens (tertiary/aromatic N) is 2. The van der Waals surface area contributed by atoms with Crippen LogP contribution in [0.5, 0.6) is 0 Å². The lowest BCUT2D eigenvalue weighted by Crippen LogP contribution is -2.34. The van der Waals surface area contributed by atoms with Crippen molar-refractivity contribution in [3.8, 4) is 5.69 Å². The van der Waals surface area contributed by atoms with Crippen LogP contribution in [0.1, 0.15) is 43.1 Å². The molecule has 0 unspecified atom stereocenters. The van der Waals surface area contributed by atoms with Crippen molar-refractivity contribution in [2.75, 3.05) is 0 Å². The zero-order valence-electron chi connectivity index (χ0n) is 17.7. The molecule has 3 aromatic rings. The number of aromatic nitrogens is 2. The molecule has 156 valence electrons. The molecule has 5 nitrogen and oxygen atoms in total. The van der Waals surface area contributed by atoms with E-state index in [-0.39, 0.29) is 17.0 Å². The topological polar surface area (TPSA) is 64.0 Å². The number of carbonyl (C=O) groups excluding carboxylic acids is 1. The minimum absolute atomic E-state index is 0.0796. The van der Waals surface area contributed by atoms with Crippen LogP contribution in [-0.2, 0) is 0 Å². The molecule has 2 aromatic heterocycles. The maximum absolute atomic E-state index is 13.0. The summed E-state index contributed by atoms with van der Waals surface area (Å²) in [7, 11) is 0. The molecule has 0 spiro atoms. The van der Waals surface area contributed by atoms with Gasteiger partial charge in [-0.1, -0.05) is 42.1 Å². The molecule has 1 N–H and O–H groups in total. The Labute approximate surface area is 186 Å². The number of hydrogen-bond acceptors (Lipinski definition) is 4. The second kappa shape index (κ2) is 8.40. The van der Waals surface area contributed by atoms with Crippen molar-refractivity contribution in [1.82, 2.24) is 14.9 Å². The van der Waals surface area contributed by atoms with Crippen LogP contribution in [0, 0.1) is 0 Å². The van der Waals surface area contributed by atoms with Gasteiger partial charge in [0.05, 0.1) is 5.39 Å². The first-order valence-corrected chi connectivity index (χ1v) is 10.6. The fourth-order valence-electron chi connectivity index (χ4n) is 3.67. The fourth-order valence-corrected chi connectivity index (χ4v) is 4.08. The number of nitrogens with one attached hydrogen (secondary N) is 1. The number of fused-ring (bicyclic) bond motifs is 1. The molecular weight excluding hydrogens is 406 g/mol. The van der Waals surface area contributed by atoms with E-state index in [1.165, 1.54) is 5.57 Å². The van der Waals surface area contributed by atoms with Crippen LogP contribution in [-0.4, -0.2) is 26.4 Å². The van der Waals surface area contributed by atoms with Gasteiger partial charge in [-0.3, -0.25) is 9.59 Å². The quantitative estimate of drug-likeness (QED) is 0.615. The molecule has 1 aliphatic carbocycles. The Kier molecular flexibility index (Phi) is 5.65. The molecule has 1 aromatic carbocycles. The van der Waals surface area contributed by atoms with E-state index in [4.69, 9.17) is 12.2 Å². The lowest BCUT2D eigenvalue weighted by Gasteiger charge is -2.17. The third-order valence-corrected chi connectivity index (χ3v) is 5.50. The van der Waals surface area contributed by atoms with Crippen molar-refractivity contribution in [2.45, 2.75) is 33.2 Å². The predicted octanol–water partition coefficient (Wildman–Crippen LogP) is 4.63. The van der Waals surface area contributed by atoms with E-state index in [1.807, 2.05) is 44.2 Å². The van der Waals surface area contributed by atoms with Gasteiger partial charge in [-0.15, -0.1) is 0 Å². The molecule has 1 aliphatic rings. The summed E-state index contributed by atoms with van der Waals surface area (Å²) in [5, 5.41) is 3.21. The van der Waals surface area contributed by atoms with Gasteiger partial charge in [0.15, 0.2) is 0 Å². The zero-order valence-corrected chi connectivity index (χ0v) is 18.5. The van der Waals surface area contributed by atoms with Gasteiger partial charge >= 0.3 is 0 Å². The molecule has 0 saturated heterocycles. The summed E-state index contributed by atoms with van der Waals surface area (Å²) in [6.45, 7) is 5.79. The largest absolute Gasteiger partial charge is 0.350 e. The molecule has 0 aliphatic heterocycles. The van der Waals surface area contributed by atoms with Crippen LogP contribution in [0.2, 0.25) is 0 Å². The second-order valence-corrected chi connectivity index (χ2v) is 8.48. The molecule has 6 heteroatoms. The van der Waals surface area contributed by atoms with E-state index < -0.39 is 5.91 Å². The number of benzene rings is 1. The minimum atomic E-state index is -0.396. The van der Waals surface area contributed by atoms with Crippen molar-refractivity contribution >= 4 is 39.6 Å². The molecule has 2 heterocycles. The minimum Gasteiger partial charge on any atom is -0.350 e. The first-order valence-electron chi connectivity index (χ1n) is 10.2. The third kappa shape index (κ3) is 4.11. The zero-order chi connectivity index (χ0) is 22.1. The van der Waals surface area contributed by atoms with Gasteiger partial charge in [0, 0.05) is 35.4 Å². The number of thiocarbonyl (C=S) groups is 1. The predicted molar refractivity (Wildman–Crippen MR) is 129 cm³/mol. The van der Waals surface area contributed by atoms with Crippen molar-refractivity contribution in [1.29, 1.82) is 0 Å². The number of rotatable bonds is 4. The molecular formula is C25H23N3O2S. The van der Waals surface area contributed by atoms with Gasteiger partial charge in [-0.25, -0.2) is 4.98 Å². The van der Waals surface area contributed by atoms with E-state index in [2.05, 4.69) is 23.3 Å². The van der Waals surface area contributed by atoms with E-state index in [0.29, 0.717) is 11.0 Å². The first-order chi connectivity index (χ1) is 14.8. The summed E-state index contributed by atoms with van der Waals surface area (Å²) >= 11 is 5.61. The van der Waals surface area contributed by atoms with Crippen molar-refractivity contribution in [3.05, 3.63) is 87.9 Å². The van der Waals surface area contributed by atoms with Crippen molar-refractivity contribution < 1.29 is 4.79 Å². The number of amides is 1. The lowest BCUT2D eigenvalue weighted by molar-refractivity contribution is 0.0941. The average Bonchev–Trinajstić information content (AvgIpc) is 2.74. The standard InChI is InChI=1S/C25H23N3O2S/c1-15(2)27-25(30)21-14-28(24-20(23(21)29)8-5-11-26-24)18-7-4-6-17(13-18)19-10-9-16(3)12-22(19)31/h4-11,13-15H,12H2,1-3H3,(H,27,30). The highest BCUT2D eigenvalue weighted by molar-refractivity contribution is 7.81. The Hall–Kier alpha value is -3.38. The third-order valence-electron chi connectivity index (χ3n) is 5.14. The summed E-state index contributed by atoms with van der Waals surface area (Å²) in [5.41, 5.74) is 4.30. The molecule has 0 saturated carbocycles. The Balaban J connectivity index is 1.91. The summed E-state index contributed by atoms with van der Waals surface area (Å²) in [4.78, 5) is 31.0. The molecule has 0 radical (unpaired) electrons. The van der Waals surface area contributed by atoms with Crippen LogP contribution >= 0.6 is 12.2 Å². The van der Waals surface area contributed by atoms with Crippen molar-refractivity contribution in [3.63, 3.8) is 0 Å². The van der Waals surface area contributed by atoms with E-state index in [1.54, 1.807) is 29.1 Å². The highest BCUT2D eigenvalue weighted by Crippen LogP contribution is 2.27. The number of hydrogen-bond donors (Lipinski definition) is 1. The van der Waals surface area contributed by atoms with Gasteiger partial charge < -0.3 is 9.88 Å². The highest BCUT2D eigenvalue weighted by Gasteiger charge is 2.18. The fraction of sp³-hybridized carbons (Fsp3) is 0.200. The summed E-state index contributed by atoms with van der Waals surface area (Å²) in [6.07, 6.45) is 8.12. The first kappa shape index (κ1) is 20.9. The molecule has 0 atom stereocenters. The molecule has 31 heavy (non-hydrogen) atoms. The van der Waals surface area contributed by atoms with Gasteiger partial charge in [-0.05, 0) is 56.2 Å². The number of carbonyl (C=O) groups is 1. The van der Waals surface area contributed by atoms with Gasteiger partial charge in [0.25, 0.3) is 5.91 Å². The molecule has 0 fully saturated rings. The Bertz CT molecular complexity index is 1330. The summed E-state index contributed by atoms with van der Waals surface area (Å²) in [5.74, 6) is -0.396. The maximum Gasteiger partial charge on any atom is 0.256 e. The SMILES string of the molecule is CC1=CC=C(c2cccc(-n3cc(C(=O)NC(C)C)c(=O)c4cccnc43)c2)C(=S)C1. The van der Waals surface area contributed by atoms with Crippen LogP contribution in [0.3, 0.4) is 0 Å². The van der Waals surface area contributed by atoms with E-state index in [0.717, 1.165) is 28.1 Å². The van der Waals surface area contributed by atoms with E-state index >= 15 is 0 Å². The normalized spacial score (nSPS) is 13.9. The van der Waals surface area contributed by atoms with Crippen LogP contribution < -0.4 is 10.7 Å².